The van der Waals surface area contributed by atoms with Crippen molar-refractivity contribution in [3.05, 3.63) is 83.6 Å². The van der Waals surface area contributed by atoms with Gasteiger partial charge in [0.15, 0.2) is 0 Å². The molecule has 42 heavy (non-hydrogen) atoms. The lowest BCUT2D eigenvalue weighted by atomic mass is 9.54. The molecule has 3 atom stereocenters. The lowest BCUT2D eigenvalue weighted by Crippen LogP contribution is -2.65. The first kappa shape index (κ1) is 30.5. The van der Waals surface area contributed by atoms with Gasteiger partial charge in [0, 0.05) is 11.8 Å². The Morgan fingerprint density at radius 3 is 2.07 bits per heavy atom. The van der Waals surface area contributed by atoms with Crippen molar-refractivity contribution in [2.24, 2.45) is 22.7 Å². The van der Waals surface area contributed by atoms with Crippen LogP contribution in [0.5, 0.6) is 0 Å². The van der Waals surface area contributed by atoms with E-state index in [0.29, 0.717) is 18.8 Å². The Morgan fingerprint density at radius 2 is 1.55 bits per heavy atom. The molecule has 224 valence electrons. The third-order valence-corrected chi connectivity index (χ3v) is 15.6. The maximum absolute atomic E-state index is 14.2. The van der Waals surface area contributed by atoms with Gasteiger partial charge in [-0.25, -0.2) is 0 Å². The number of rotatable bonds is 6. The number of ketones is 1. The van der Waals surface area contributed by atoms with Crippen molar-refractivity contribution >= 4 is 30.4 Å². The van der Waals surface area contributed by atoms with Gasteiger partial charge in [-0.15, -0.1) is 0 Å². The van der Waals surface area contributed by atoms with E-state index in [1.54, 1.807) is 0 Å². The van der Waals surface area contributed by atoms with Crippen molar-refractivity contribution in [2.45, 2.75) is 91.5 Å². The van der Waals surface area contributed by atoms with Gasteiger partial charge in [0.2, 0.25) is 0 Å². The van der Waals surface area contributed by atoms with Crippen LogP contribution in [0.3, 0.4) is 0 Å². The van der Waals surface area contributed by atoms with Gasteiger partial charge >= 0.3 is 14.3 Å². The van der Waals surface area contributed by atoms with E-state index >= 15 is 0 Å². The molecule has 0 aliphatic heterocycles. The second kappa shape index (κ2) is 11.3. The molecule has 2 aromatic carbocycles. The molecule has 5 rings (SSSR count). The second-order valence-electron chi connectivity index (χ2n) is 14.3. The summed E-state index contributed by atoms with van der Waals surface area (Å²) >= 11 is 0. The van der Waals surface area contributed by atoms with Crippen LogP contribution in [0.1, 0.15) is 86.5 Å². The molecule has 0 aromatic heterocycles. The van der Waals surface area contributed by atoms with Gasteiger partial charge < -0.3 is 9.16 Å². The zero-order valence-electron chi connectivity index (χ0n) is 26.6. The number of benzene rings is 2. The number of hydrogen-bond acceptors (Lipinski definition) is 4. The molecule has 4 nitrogen and oxygen atoms in total. The van der Waals surface area contributed by atoms with Crippen LogP contribution in [-0.4, -0.2) is 27.2 Å². The predicted octanol–water partition coefficient (Wildman–Crippen LogP) is 7.52. The van der Waals surface area contributed by atoms with Gasteiger partial charge in [0.1, 0.15) is 5.78 Å². The standard InChI is InChI=1S/C37H48O4Si/c1-26(2)30-20-21-37(34(39)40-7)23-22-36(6)31(33(30)37)19-18-27(24-32(36)38)25-41-42(35(3,4)5,28-14-10-8-11-15-28)29-16-12-9-13-17-29/h8-17,25-26,31H,18-24H2,1-7H3/b27-25+/t31-,36-,37+/m1/s1. The molecule has 2 saturated carbocycles. The first-order chi connectivity index (χ1) is 19.9. The Morgan fingerprint density at radius 1 is 0.952 bits per heavy atom. The minimum absolute atomic E-state index is 0.0523. The van der Waals surface area contributed by atoms with Crippen molar-refractivity contribution in [1.82, 2.24) is 0 Å². The Bertz CT molecular complexity index is 1340. The minimum Gasteiger partial charge on any atom is -0.540 e. The number of allylic oxidation sites excluding steroid dienone is 2. The van der Waals surface area contributed by atoms with E-state index < -0.39 is 19.1 Å². The first-order valence-electron chi connectivity index (χ1n) is 15.7. The van der Waals surface area contributed by atoms with E-state index in [1.807, 2.05) is 6.26 Å². The Labute approximate surface area is 253 Å². The summed E-state index contributed by atoms with van der Waals surface area (Å²) in [4.78, 5) is 27.6. The van der Waals surface area contributed by atoms with Crippen LogP contribution >= 0.6 is 0 Å². The average Bonchev–Trinajstić information content (AvgIpc) is 3.32. The smallest absolute Gasteiger partial charge is 0.319 e. The van der Waals surface area contributed by atoms with E-state index in [9.17, 15) is 9.59 Å². The van der Waals surface area contributed by atoms with Crippen molar-refractivity contribution in [2.75, 3.05) is 7.11 Å². The molecule has 2 aromatic rings. The molecule has 0 heterocycles. The maximum atomic E-state index is 14.2. The van der Waals surface area contributed by atoms with Gasteiger partial charge in [0.05, 0.1) is 18.8 Å². The number of carbonyl (C=O) groups is 2. The number of Topliss-reactive ketones (excluding diaryl/α,β-unsaturated/α-hetero) is 1. The van der Waals surface area contributed by atoms with Gasteiger partial charge in [-0.3, -0.25) is 9.59 Å². The molecule has 0 bridgehead atoms. The fourth-order valence-corrected chi connectivity index (χ4v) is 12.8. The molecule has 2 fully saturated rings. The summed E-state index contributed by atoms with van der Waals surface area (Å²) in [7, 11) is -1.26. The first-order valence-corrected chi connectivity index (χ1v) is 17.6. The number of methoxy groups -OCH3 is 1. The summed E-state index contributed by atoms with van der Waals surface area (Å²) in [6.07, 6.45) is 7.16. The highest BCUT2D eigenvalue weighted by Crippen LogP contribution is 2.63. The topological polar surface area (TPSA) is 52.6 Å². The summed E-state index contributed by atoms with van der Waals surface area (Å²) < 4.78 is 12.6. The summed E-state index contributed by atoms with van der Waals surface area (Å²) in [6.45, 7) is 13.4. The van der Waals surface area contributed by atoms with Crippen LogP contribution in [0.15, 0.2) is 83.6 Å². The monoisotopic (exact) mass is 584 g/mol. The highest BCUT2D eigenvalue weighted by atomic mass is 28.4. The molecule has 3 aliphatic carbocycles. The SMILES string of the molecule is COC(=O)[C@]12CCC(C(C)C)=C1[C@H]1CC/C(=C\O[Si](c3ccccc3)(c3ccccc3)C(C)(C)C)CC(=O)[C@]1(C)CC2. The van der Waals surface area contributed by atoms with Crippen molar-refractivity contribution in [3.8, 4) is 0 Å². The Kier molecular flexibility index (Phi) is 8.21. The van der Waals surface area contributed by atoms with E-state index in [0.717, 1.165) is 37.7 Å². The second-order valence-corrected chi connectivity index (χ2v) is 18.6. The van der Waals surface area contributed by atoms with Crippen molar-refractivity contribution in [3.63, 3.8) is 0 Å². The van der Waals surface area contributed by atoms with Crippen LogP contribution in [0, 0.1) is 22.7 Å². The van der Waals surface area contributed by atoms with Gasteiger partial charge in [-0.1, -0.05) is 108 Å². The highest BCUT2D eigenvalue weighted by Gasteiger charge is 2.60. The molecular weight excluding hydrogens is 536 g/mol. The van der Waals surface area contributed by atoms with E-state index in [1.165, 1.54) is 28.6 Å². The Hall–Kier alpha value is -2.92. The molecule has 3 aliphatic rings. The summed E-state index contributed by atoms with van der Waals surface area (Å²) in [5.74, 6) is 0.568. The fourth-order valence-electron chi connectivity index (χ4n) is 8.40. The van der Waals surface area contributed by atoms with Crippen molar-refractivity contribution < 1.29 is 18.8 Å². The normalized spacial score (nSPS) is 27.5. The zero-order chi connectivity index (χ0) is 30.3. The van der Waals surface area contributed by atoms with Gasteiger partial charge in [-0.05, 0) is 76.9 Å². The number of ether oxygens (including phenoxy) is 1. The largest absolute Gasteiger partial charge is 0.540 e. The Balaban J connectivity index is 1.56. The number of carbonyl (C=O) groups excluding carboxylic acids is 2. The lowest BCUT2D eigenvalue weighted by Gasteiger charge is -2.48. The predicted molar refractivity (Wildman–Crippen MR) is 172 cm³/mol. The fraction of sp³-hybridized carbons (Fsp3) is 0.514. The molecular formula is C37H48O4Si. The van der Waals surface area contributed by atoms with Crippen LogP contribution in [0.2, 0.25) is 5.04 Å². The summed E-state index contributed by atoms with van der Waals surface area (Å²) in [5, 5.41) is 2.30. The highest BCUT2D eigenvalue weighted by molar-refractivity contribution is 6.99. The molecule has 0 spiro atoms. The van der Waals surface area contributed by atoms with Gasteiger partial charge in [0.25, 0.3) is 0 Å². The molecule has 0 N–H and O–H groups in total. The third-order valence-electron chi connectivity index (χ3n) is 10.7. The van der Waals surface area contributed by atoms with E-state index in [-0.39, 0.29) is 22.7 Å². The van der Waals surface area contributed by atoms with Crippen LogP contribution in [-0.2, 0) is 18.8 Å². The zero-order valence-corrected chi connectivity index (χ0v) is 27.6. The summed E-state index contributed by atoms with van der Waals surface area (Å²) in [5.41, 5.74) is 2.63. The van der Waals surface area contributed by atoms with Crippen LogP contribution in [0.4, 0.5) is 0 Å². The van der Waals surface area contributed by atoms with Gasteiger partial charge in [-0.2, -0.15) is 0 Å². The van der Waals surface area contributed by atoms with Crippen molar-refractivity contribution in [1.29, 1.82) is 0 Å². The van der Waals surface area contributed by atoms with Crippen LogP contribution in [0.25, 0.3) is 0 Å². The number of hydrogen-bond donors (Lipinski definition) is 0. The lowest BCUT2D eigenvalue weighted by molar-refractivity contribution is -0.155. The maximum Gasteiger partial charge on any atom is 0.319 e. The summed E-state index contributed by atoms with van der Waals surface area (Å²) in [6, 6.07) is 21.3. The molecule has 0 unspecified atom stereocenters. The average molecular weight is 585 g/mol. The minimum atomic E-state index is -2.77. The number of fused-ring (bicyclic) bond motifs is 3. The van der Waals surface area contributed by atoms with E-state index in [2.05, 4.69) is 102 Å². The third kappa shape index (κ3) is 4.82. The molecule has 0 saturated heterocycles. The quantitative estimate of drug-likeness (QED) is 0.153. The van der Waals surface area contributed by atoms with Crippen LogP contribution < -0.4 is 10.4 Å². The molecule has 0 radical (unpaired) electrons. The molecule has 0 amide bonds. The molecule has 5 heteroatoms. The van der Waals surface area contributed by atoms with E-state index in [4.69, 9.17) is 9.16 Å². The number of esters is 1.